The van der Waals surface area contributed by atoms with Gasteiger partial charge in [-0.2, -0.15) is 11.8 Å². The second-order valence-corrected chi connectivity index (χ2v) is 7.94. The van der Waals surface area contributed by atoms with Gasteiger partial charge in [-0.15, -0.1) is 0 Å². The summed E-state index contributed by atoms with van der Waals surface area (Å²) >= 11 is 3.14. The highest BCUT2D eigenvalue weighted by molar-refractivity contribution is 7.99. The van der Waals surface area contributed by atoms with Gasteiger partial charge in [0.2, 0.25) is 11.8 Å². The Kier molecular flexibility index (Phi) is 4.01. The van der Waals surface area contributed by atoms with E-state index >= 15 is 0 Å². The Bertz CT molecular complexity index is 826. The summed E-state index contributed by atoms with van der Waals surface area (Å²) in [6.07, 6.45) is 0.483. The van der Waals surface area contributed by atoms with Gasteiger partial charge in [0.05, 0.1) is 10.2 Å². The van der Waals surface area contributed by atoms with E-state index in [1.165, 1.54) is 11.3 Å². The number of benzene rings is 1. The van der Waals surface area contributed by atoms with Gasteiger partial charge < -0.3 is 4.90 Å². The minimum atomic E-state index is -0.207. The smallest absolute Gasteiger partial charge is 0.253 e. The lowest BCUT2D eigenvalue weighted by molar-refractivity contribution is -0.121. The molecule has 0 saturated carbocycles. The maximum atomic E-state index is 12.6. The largest absolute Gasteiger partial charge is 0.337 e. The standard InChI is InChI=1S/C16H15N3O3S2/c20-13-3-4-14(21)19(13)16-17-11-2-1-10(9-12(11)24-16)15(22)18-5-7-23-8-6-18/h1-2,9H,3-8H2. The van der Waals surface area contributed by atoms with Crippen LogP contribution in [0.15, 0.2) is 18.2 Å². The van der Waals surface area contributed by atoms with Crippen LogP contribution in [0.4, 0.5) is 5.13 Å². The van der Waals surface area contributed by atoms with Gasteiger partial charge in [0, 0.05) is 43.0 Å². The molecule has 8 heteroatoms. The molecule has 1 aromatic carbocycles. The molecule has 0 unspecified atom stereocenters. The molecule has 2 aliphatic rings. The maximum Gasteiger partial charge on any atom is 0.253 e. The average Bonchev–Trinajstić information content (AvgIpc) is 3.16. The zero-order chi connectivity index (χ0) is 16.7. The van der Waals surface area contributed by atoms with Crippen molar-refractivity contribution < 1.29 is 14.4 Å². The minimum absolute atomic E-state index is 0.0282. The van der Waals surface area contributed by atoms with Gasteiger partial charge in [-0.05, 0) is 18.2 Å². The molecule has 2 saturated heterocycles. The molecule has 3 amide bonds. The quantitative estimate of drug-likeness (QED) is 0.767. The number of thiazole rings is 1. The van der Waals surface area contributed by atoms with Crippen molar-refractivity contribution >= 4 is 56.2 Å². The van der Waals surface area contributed by atoms with Crippen LogP contribution in [-0.2, 0) is 9.59 Å². The van der Waals surface area contributed by atoms with Crippen molar-refractivity contribution in [2.75, 3.05) is 29.5 Å². The Morgan fingerprint density at radius 2 is 1.79 bits per heavy atom. The van der Waals surface area contributed by atoms with Gasteiger partial charge in [0.25, 0.3) is 5.91 Å². The van der Waals surface area contributed by atoms with Gasteiger partial charge in [-0.1, -0.05) is 11.3 Å². The Morgan fingerprint density at radius 3 is 2.50 bits per heavy atom. The van der Waals surface area contributed by atoms with Crippen molar-refractivity contribution in [1.29, 1.82) is 0 Å². The fourth-order valence-electron chi connectivity index (χ4n) is 2.88. The van der Waals surface area contributed by atoms with Crippen LogP contribution in [0.2, 0.25) is 0 Å². The minimum Gasteiger partial charge on any atom is -0.337 e. The number of anilines is 1. The number of rotatable bonds is 2. The van der Waals surface area contributed by atoms with Crippen molar-refractivity contribution in [2.24, 2.45) is 0 Å². The third kappa shape index (κ3) is 2.69. The second kappa shape index (κ2) is 6.18. The lowest BCUT2D eigenvalue weighted by Gasteiger charge is -2.26. The molecule has 4 rings (SSSR count). The molecule has 0 bridgehead atoms. The molecule has 0 radical (unpaired) electrons. The van der Waals surface area contributed by atoms with Crippen molar-refractivity contribution in [3.8, 4) is 0 Å². The lowest BCUT2D eigenvalue weighted by atomic mass is 10.2. The van der Waals surface area contributed by atoms with Crippen LogP contribution in [-0.4, -0.2) is 52.2 Å². The maximum absolute atomic E-state index is 12.6. The fraction of sp³-hybridized carbons (Fsp3) is 0.375. The van der Waals surface area contributed by atoms with E-state index in [-0.39, 0.29) is 30.6 Å². The third-order valence-corrected chi connectivity index (χ3v) is 6.11. The number of fused-ring (bicyclic) bond motifs is 1. The summed E-state index contributed by atoms with van der Waals surface area (Å²) in [5, 5.41) is 0.400. The number of imide groups is 1. The molecule has 3 heterocycles. The first-order valence-corrected chi connectivity index (χ1v) is 9.74. The number of aromatic nitrogens is 1. The van der Waals surface area contributed by atoms with Crippen LogP contribution in [0, 0.1) is 0 Å². The summed E-state index contributed by atoms with van der Waals surface area (Å²) in [5.41, 5.74) is 1.33. The SMILES string of the molecule is O=C(c1ccc2nc(N3C(=O)CCC3=O)sc2c1)N1CCSCC1. The lowest BCUT2D eigenvalue weighted by Crippen LogP contribution is -2.37. The van der Waals surface area contributed by atoms with Crippen LogP contribution < -0.4 is 4.90 Å². The number of hydrogen-bond acceptors (Lipinski definition) is 6. The summed E-state index contributed by atoms with van der Waals surface area (Å²) in [7, 11) is 0. The zero-order valence-corrected chi connectivity index (χ0v) is 14.5. The topological polar surface area (TPSA) is 70.6 Å². The van der Waals surface area contributed by atoms with Crippen LogP contribution in [0.25, 0.3) is 10.2 Å². The van der Waals surface area contributed by atoms with E-state index in [0.717, 1.165) is 34.2 Å². The van der Waals surface area contributed by atoms with E-state index < -0.39 is 0 Å². The molecule has 2 aromatic rings. The molecule has 2 fully saturated rings. The predicted octanol–water partition coefficient (Wildman–Crippen LogP) is 2.14. The summed E-state index contributed by atoms with van der Waals surface area (Å²) in [4.78, 5) is 43.7. The Morgan fingerprint density at radius 1 is 1.08 bits per heavy atom. The molecule has 24 heavy (non-hydrogen) atoms. The predicted molar refractivity (Wildman–Crippen MR) is 94.6 cm³/mol. The highest BCUT2D eigenvalue weighted by atomic mass is 32.2. The fourth-order valence-corrected chi connectivity index (χ4v) is 4.82. The molecule has 6 nitrogen and oxygen atoms in total. The summed E-state index contributed by atoms with van der Waals surface area (Å²) < 4.78 is 0.815. The van der Waals surface area contributed by atoms with Gasteiger partial charge in [0.15, 0.2) is 5.13 Å². The van der Waals surface area contributed by atoms with Gasteiger partial charge in [-0.3, -0.25) is 14.4 Å². The van der Waals surface area contributed by atoms with E-state index in [4.69, 9.17) is 0 Å². The van der Waals surface area contributed by atoms with Gasteiger partial charge in [-0.25, -0.2) is 9.88 Å². The van der Waals surface area contributed by atoms with Crippen LogP contribution >= 0.6 is 23.1 Å². The first kappa shape index (κ1) is 15.6. The molecule has 124 valence electrons. The highest BCUT2D eigenvalue weighted by Gasteiger charge is 2.32. The highest BCUT2D eigenvalue weighted by Crippen LogP contribution is 2.32. The van der Waals surface area contributed by atoms with Crippen molar-refractivity contribution in [2.45, 2.75) is 12.8 Å². The molecule has 0 N–H and O–H groups in total. The molecule has 0 atom stereocenters. The van der Waals surface area contributed by atoms with Crippen molar-refractivity contribution in [3.63, 3.8) is 0 Å². The number of nitrogens with zero attached hydrogens (tertiary/aromatic N) is 3. The van der Waals surface area contributed by atoms with Crippen LogP contribution in [0.1, 0.15) is 23.2 Å². The van der Waals surface area contributed by atoms with Crippen LogP contribution in [0.3, 0.4) is 0 Å². The summed E-state index contributed by atoms with van der Waals surface area (Å²) in [6.45, 7) is 1.54. The molecule has 0 aliphatic carbocycles. The first-order chi connectivity index (χ1) is 11.6. The monoisotopic (exact) mass is 361 g/mol. The van der Waals surface area contributed by atoms with E-state index in [0.29, 0.717) is 16.2 Å². The zero-order valence-electron chi connectivity index (χ0n) is 12.9. The molecular weight excluding hydrogens is 346 g/mol. The summed E-state index contributed by atoms with van der Waals surface area (Å²) in [5.74, 6) is 1.55. The van der Waals surface area contributed by atoms with E-state index in [1.54, 1.807) is 12.1 Å². The number of carbonyl (C=O) groups excluding carboxylic acids is 3. The number of thioether (sulfide) groups is 1. The Labute approximate surface area is 146 Å². The molecular formula is C16H15N3O3S2. The van der Waals surface area contributed by atoms with E-state index in [2.05, 4.69) is 4.98 Å². The van der Waals surface area contributed by atoms with Gasteiger partial charge in [0.1, 0.15) is 0 Å². The average molecular weight is 361 g/mol. The van der Waals surface area contributed by atoms with Gasteiger partial charge >= 0.3 is 0 Å². The Balaban J connectivity index is 1.65. The van der Waals surface area contributed by atoms with E-state index in [1.807, 2.05) is 22.7 Å². The second-order valence-electron chi connectivity index (χ2n) is 5.71. The Hall–Kier alpha value is -1.93. The first-order valence-electron chi connectivity index (χ1n) is 7.77. The van der Waals surface area contributed by atoms with E-state index in [9.17, 15) is 14.4 Å². The molecule has 2 aliphatic heterocycles. The number of amides is 3. The summed E-state index contributed by atoms with van der Waals surface area (Å²) in [6, 6.07) is 5.36. The van der Waals surface area contributed by atoms with Crippen LogP contribution in [0.5, 0.6) is 0 Å². The molecule has 1 aromatic heterocycles. The number of hydrogen-bond donors (Lipinski definition) is 0. The van der Waals surface area contributed by atoms with Crippen molar-refractivity contribution in [1.82, 2.24) is 9.88 Å². The molecule has 0 spiro atoms. The number of carbonyl (C=O) groups is 3. The third-order valence-electron chi connectivity index (χ3n) is 4.17. The normalized spacial score (nSPS) is 18.7. The van der Waals surface area contributed by atoms with Crippen molar-refractivity contribution in [3.05, 3.63) is 23.8 Å².